The number of aromatic nitrogens is 3. The molecule has 0 saturated heterocycles. The minimum atomic E-state index is 0.00472. The van der Waals surface area contributed by atoms with Gasteiger partial charge in [-0.3, -0.25) is 4.79 Å². The summed E-state index contributed by atoms with van der Waals surface area (Å²) in [4.78, 5) is 21.1. The third-order valence-corrected chi connectivity index (χ3v) is 2.84. The van der Waals surface area contributed by atoms with Gasteiger partial charge in [-0.15, -0.1) is 0 Å². The van der Waals surface area contributed by atoms with E-state index in [1.165, 1.54) is 0 Å². The molecule has 96 valence electrons. The fraction of sp³-hybridized carbons (Fsp3) is 0.385. The molecular formula is C13H18N4O. The van der Waals surface area contributed by atoms with Gasteiger partial charge in [0.05, 0.1) is 6.54 Å². The maximum absolute atomic E-state index is 12.3. The molecule has 5 heteroatoms. The van der Waals surface area contributed by atoms with E-state index in [-0.39, 0.29) is 11.9 Å². The first-order chi connectivity index (χ1) is 8.59. The summed E-state index contributed by atoms with van der Waals surface area (Å²) in [6, 6.07) is 4.02. The highest BCUT2D eigenvalue weighted by molar-refractivity contribution is 5.92. The molecule has 2 heterocycles. The first kappa shape index (κ1) is 12.4. The Morgan fingerprint density at radius 3 is 2.94 bits per heavy atom. The van der Waals surface area contributed by atoms with Crippen LogP contribution in [-0.2, 0) is 6.54 Å². The second kappa shape index (κ2) is 5.08. The number of carbonyl (C=O) groups is 1. The standard InChI is InChI=1S/C13H18N4O/c1-10(2)17-8-4-5-11(17)13(18)16(3)9-12-14-6-7-15-12/h4-8,10H,9H2,1-3H3,(H,14,15). The molecule has 0 bridgehead atoms. The van der Waals surface area contributed by atoms with Crippen LogP contribution in [0.2, 0.25) is 0 Å². The van der Waals surface area contributed by atoms with E-state index in [0.717, 1.165) is 5.82 Å². The van der Waals surface area contributed by atoms with E-state index in [9.17, 15) is 4.79 Å². The summed E-state index contributed by atoms with van der Waals surface area (Å²) in [6.45, 7) is 4.60. The van der Waals surface area contributed by atoms with Gasteiger partial charge in [-0.05, 0) is 26.0 Å². The van der Waals surface area contributed by atoms with E-state index in [4.69, 9.17) is 0 Å². The summed E-state index contributed by atoms with van der Waals surface area (Å²) in [7, 11) is 1.78. The Hall–Kier alpha value is -2.04. The molecule has 2 aromatic rings. The highest BCUT2D eigenvalue weighted by Crippen LogP contribution is 2.13. The summed E-state index contributed by atoms with van der Waals surface area (Å²) in [6.07, 6.45) is 5.37. The highest BCUT2D eigenvalue weighted by Gasteiger charge is 2.17. The molecule has 0 atom stereocenters. The first-order valence-electron chi connectivity index (χ1n) is 6.00. The zero-order chi connectivity index (χ0) is 13.1. The number of nitrogens with one attached hydrogen (secondary N) is 1. The number of aromatic amines is 1. The molecule has 0 aliphatic carbocycles. The summed E-state index contributed by atoms with van der Waals surface area (Å²) in [5.74, 6) is 0.790. The van der Waals surface area contributed by atoms with E-state index in [0.29, 0.717) is 12.2 Å². The molecule has 0 spiro atoms. The fourth-order valence-corrected chi connectivity index (χ4v) is 1.90. The first-order valence-corrected chi connectivity index (χ1v) is 6.00. The smallest absolute Gasteiger partial charge is 0.270 e. The molecular weight excluding hydrogens is 228 g/mol. The number of hydrogen-bond acceptors (Lipinski definition) is 2. The lowest BCUT2D eigenvalue weighted by atomic mass is 10.3. The van der Waals surface area contributed by atoms with Gasteiger partial charge in [0.1, 0.15) is 11.5 Å². The van der Waals surface area contributed by atoms with Gasteiger partial charge >= 0.3 is 0 Å². The number of rotatable bonds is 4. The van der Waals surface area contributed by atoms with Gasteiger partial charge in [-0.2, -0.15) is 0 Å². The van der Waals surface area contributed by atoms with E-state index in [1.807, 2.05) is 22.9 Å². The molecule has 0 saturated carbocycles. The maximum atomic E-state index is 12.3. The van der Waals surface area contributed by atoms with Crippen LogP contribution >= 0.6 is 0 Å². The molecule has 2 rings (SSSR count). The lowest BCUT2D eigenvalue weighted by molar-refractivity contribution is 0.0769. The maximum Gasteiger partial charge on any atom is 0.270 e. The normalized spacial score (nSPS) is 10.9. The molecule has 0 fully saturated rings. The van der Waals surface area contributed by atoms with E-state index in [2.05, 4.69) is 23.8 Å². The van der Waals surface area contributed by atoms with Gasteiger partial charge in [-0.25, -0.2) is 4.98 Å². The van der Waals surface area contributed by atoms with Crippen LogP contribution in [0.1, 0.15) is 36.2 Å². The summed E-state index contributed by atoms with van der Waals surface area (Å²) >= 11 is 0. The van der Waals surface area contributed by atoms with Gasteiger partial charge in [-0.1, -0.05) is 0 Å². The molecule has 0 aromatic carbocycles. The van der Waals surface area contributed by atoms with Crippen molar-refractivity contribution in [1.82, 2.24) is 19.4 Å². The monoisotopic (exact) mass is 246 g/mol. The van der Waals surface area contributed by atoms with Crippen LogP contribution in [0.3, 0.4) is 0 Å². The van der Waals surface area contributed by atoms with Gasteiger partial charge in [0.15, 0.2) is 0 Å². The van der Waals surface area contributed by atoms with Crippen molar-refractivity contribution in [3.05, 3.63) is 42.2 Å². The number of nitrogens with zero attached hydrogens (tertiary/aromatic N) is 3. The second-order valence-corrected chi connectivity index (χ2v) is 4.59. The lowest BCUT2D eigenvalue weighted by Gasteiger charge is -2.18. The van der Waals surface area contributed by atoms with E-state index >= 15 is 0 Å². The third-order valence-electron chi connectivity index (χ3n) is 2.84. The van der Waals surface area contributed by atoms with Gasteiger partial charge < -0.3 is 14.5 Å². The van der Waals surface area contributed by atoms with Crippen molar-refractivity contribution in [1.29, 1.82) is 0 Å². The predicted octanol–water partition coefficient (Wildman–Crippen LogP) is 2.06. The largest absolute Gasteiger partial charge is 0.347 e. The zero-order valence-electron chi connectivity index (χ0n) is 10.9. The zero-order valence-corrected chi connectivity index (χ0v) is 10.9. The number of amides is 1. The Kier molecular flexibility index (Phi) is 3.50. The number of hydrogen-bond donors (Lipinski definition) is 1. The van der Waals surface area contributed by atoms with E-state index < -0.39 is 0 Å². The minimum absolute atomic E-state index is 0.00472. The topological polar surface area (TPSA) is 53.9 Å². The molecule has 1 amide bonds. The number of H-pyrrole nitrogens is 1. The van der Waals surface area contributed by atoms with Crippen LogP contribution in [0, 0.1) is 0 Å². The highest BCUT2D eigenvalue weighted by atomic mass is 16.2. The van der Waals surface area contributed by atoms with Crippen LogP contribution in [0.4, 0.5) is 0 Å². The summed E-state index contributed by atoms with van der Waals surface area (Å²) in [5, 5.41) is 0. The van der Waals surface area contributed by atoms with Crippen LogP contribution in [-0.4, -0.2) is 32.4 Å². The van der Waals surface area contributed by atoms with Crippen LogP contribution < -0.4 is 0 Å². The van der Waals surface area contributed by atoms with Gasteiger partial charge in [0, 0.05) is 31.7 Å². The SMILES string of the molecule is CC(C)n1cccc1C(=O)N(C)Cc1ncc[nH]1. The molecule has 5 nitrogen and oxygen atoms in total. The van der Waals surface area contributed by atoms with Crippen molar-refractivity contribution < 1.29 is 4.79 Å². The lowest BCUT2D eigenvalue weighted by Crippen LogP contribution is -2.29. The van der Waals surface area contributed by atoms with Crippen molar-refractivity contribution in [3.8, 4) is 0 Å². The van der Waals surface area contributed by atoms with Crippen molar-refractivity contribution in [2.45, 2.75) is 26.4 Å². The second-order valence-electron chi connectivity index (χ2n) is 4.59. The van der Waals surface area contributed by atoms with Gasteiger partial charge in [0.2, 0.25) is 0 Å². The molecule has 2 aromatic heterocycles. The molecule has 0 unspecified atom stereocenters. The summed E-state index contributed by atoms with van der Waals surface area (Å²) < 4.78 is 1.97. The molecule has 0 aliphatic heterocycles. The number of carbonyl (C=O) groups excluding carboxylic acids is 1. The molecule has 18 heavy (non-hydrogen) atoms. The Morgan fingerprint density at radius 2 is 2.33 bits per heavy atom. The van der Waals surface area contributed by atoms with Crippen LogP contribution in [0.25, 0.3) is 0 Å². The van der Waals surface area contributed by atoms with Crippen LogP contribution in [0.15, 0.2) is 30.7 Å². The molecule has 0 radical (unpaired) electrons. The Labute approximate surface area is 106 Å². The van der Waals surface area contributed by atoms with Crippen molar-refractivity contribution in [2.24, 2.45) is 0 Å². The third kappa shape index (κ3) is 2.45. The fourth-order valence-electron chi connectivity index (χ4n) is 1.90. The molecule has 0 aliphatic rings. The molecule has 1 N–H and O–H groups in total. The van der Waals surface area contributed by atoms with E-state index in [1.54, 1.807) is 24.3 Å². The average Bonchev–Trinajstić information content (AvgIpc) is 2.97. The Balaban J connectivity index is 2.13. The minimum Gasteiger partial charge on any atom is -0.347 e. The average molecular weight is 246 g/mol. The number of imidazole rings is 1. The van der Waals surface area contributed by atoms with Crippen LogP contribution in [0.5, 0.6) is 0 Å². The van der Waals surface area contributed by atoms with Crippen molar-refractivity contribution in [2.75, 3.05) is 7.05 Å². The van der Waals surface area contributed by atoms with Gasteiger partial charge in [0.25, 0.3) is 5.91 Å². The van der Waals surface area contributed by atoms with Crippen molar-refractivity contribution in [3.63, 3.8) is 0 Å². The Bertz CT molecular complexity index is 513. The van der Waals surface area contributed by atoms with Crippen molar-refractivity contribution >= 4 is 5.91 Å². The quantitative estimate of drug-likeness (QED) is 0.897. The summed E-state index contributed by atoms with van der Waals surface area (Å²) in [5.41, 5.74) is 0.707. The predicted molar refractivity (Wildman–Crippen MR) is 69.2 cm³/mol. The Morgan fingerprint density at radius 1 is 1.56 bits per heavy atom.